The molecule has 0 aromatic heterocycles. The molecule has 0 bridgehead atoms. The minimum absolute atomic E-state index is 0.461. The first-order valence-electron chi connectivity index (χ1n) is 8.79. The quantitative estimate of drug-likeness (QED) is 0.807. The van der Waals surface area contributed by atoms with E-state index in [-0.39, 0.29) is 0 Å². The van der Waals surface area contributed by atoms with Crippen molar-refractivity contribution < 1.29 is 4.74 Å². The molecule has 3 unspecified atom stereocenters. The van der Waals surface area contributed by atoms with Crippen molar-refractivity contribution in [3.05, 3.63) is 0 Å². The smallest absolute Gasteiger partial charge is 0.0625 e. The van der Waals surface area contributed by atoms with E-state index < -0.39 is 0 Å². The molecule has 2 fully saturated rings. The van der Waals surface area contributed by atoms with Crippen molar-refractivity contribution >= 4 is 0 Å². The van der Waals surface area contributed by atoms with E-state index in [0.717, 1.165) is 18.4 Å². The van der Waals surface area contributed by atoms with E-state index in [1.165, 1.54) is 51.4 Å². The maximum atomic E-state index is 6.33. The van der Waals surface area contributed by atoms with E-state index >= 15 is 0 Å². The number of rotatable bonds is 5. The van der Waals surface area contributed by atoms with Gasteiger partial charge in [-0.15, -0.1) is 0 Å². The molecule has 2 aliphatic carbocycles. The van der Waals surface area contributed by atoms with Gasteiger partial charge in [0.25, 0.3) is 0 Å². The summed E-state index contributed by atoms with van der Waals surface area (Å²) in [5.41, 5.74) is 0.461. The predicted octanol–water partition coefficient (Wildman–Crippen LogP) is 4.39. The predicted molar refractivity (Wildman–Crippen MR) is 86.0 cm³/mol. The molecule has 2 rings (SSSR count). The molecular formula is C18H35NO. The van der Waals surface area contributed by atoms with E-state index in [4.69, 9.17) is 4.74 Å². The van der Waals surface area contributed by atoms with Gasteiger partial charge in [0.15, 0.2) is 0 Å². The Bertz CT molecular complexity index is 283. The van der Waals surface area contributed by atoms with Gasteiger partial charge in [0.1, 0.15) is 0 Å². The molecule has 118 valence electrons. The molecule has 0 saturated heterocycles. The Morgan fingerprint density at radius 1 is 1.15 bits per heavy atom. The van der Waals surface area contributed by atoms with Gasteiger partial charge < -0.3 is 10.1 Å². The van der Waals surface area contributed by atoms with Gasteiger partial charge in [-0.25, -0.2) is 0 Å². The lowest BCUT2D eigenvalue weighted by Gasteiger charge is -2.40. The minimum atomic E-state index is 0.461. The summed E-state index contributed by atoms with van der Waals surface area (Å²) in [5.74, 6) is 1.65. The van der Waals surface area contributed by atoms with Crippen LogP contribution in [0.2, 0.25) is 0 Å². The van der Waals surface area contributed by atoms with Crippen LogP contribution in [0.25, 0.3) is 0 Å². The summed E-state index contributed by atoms with van der Waals surface area (Å²) in [6.07, 6.45) is 11.4. The zero-order valence-electron chi connectivity index (χ0n) is 14.1. The third-order valence-electron chi connectivity index (χ3n) is 5.45. The van der Waals surface area contributed by atoms with Crippen molar-refractivity contribution in [3.8, 4) is 0 Å². The molecule has 2 saturated carbocycles. The molecule has 0 aromatic carbocycles. The molecular weight excluding hydrogens is 246 g/mol. The minimum Gasteiger partial charge on any atom is -0.377 e. The van der Waals surface area contributed by atoms with Crippen molar-refractivity contribution in [1.29, 1.82) is 0 Å². The maximum Gasteiger partial charge on any atom is 0.0625 e. The van der Waals surface area contributed by atoms with Gasteiger partial charge in [0, 0.05) is 6.04 Å². The molecule has 0 aliphatic heterocycles. The summed E-state index contributed by atoms with van der Waals surface area (Å²) in [5, 5.41) is 3.52. The highest BCUT2D eigenvalue weighted by molar-refractivity contribution is 4.84. The Morgan fingerprint density at radius 2 is 1.85 bits per heavy atom. The second-order valence-corrected chi connectivity index (χ2v) is 8.16. The SMILES string of the molecule is CNC(COC1CC(C)CC(C)(C)C1)C1CCCCC1. The Labute approximate surface area is 126 Å². The van der Waals surface area contributed by atoms with Crippen LogP contribution in [0.1, 0.15) is 72.1 Å². The molecule has 1 N–H and O–H groups in total. The van der Waals surface area contributed by atoms with Gasteiger partial charge in [-0.05, 0) is 56.4 Å². The first kappa shape index (κ1) is 16.3. The number of ether oxygens (including phenoxy) is 1. The molecule has 0 radical (unpaired) electrons. The summed E-state index contributed by atoms with van der Waals surface area (Å²) >= 11 is 0. The second-order valence-electron chi connectivity index (χ2n) is 8.16. The molecule has 0 spiro atoms. The Balaban J connectivity index is 1.80. The van der Waals surface area contributed by atoms with Crippen LogP contribution < -0.4 is 5.32 Å². The molecule has 20 heavy (non-hydrogen) atoms. The lowest BCUT2D eigenvalue weighted by molar-refractivity contribution is -0.0369. The molecule has 0 heterocycles. The molecule has 0 aromatic rings. The van der Waals surface area contributed by atoms with Crippen molar-refractivity contribution in [2.45, 2.75) is 84.3 Å². The van der Waals surface area contributed by atoms with Crippen LogP contribution >= 0.6 is 0 Å². The summed E-state index contributed by atoms with van der Waals surface area (Å²) in [7, 11) is 2.11. The standard InChI is InChI=1S/C18H35NO/c1-14-10-16(12-18(2,3)11-14)20-13-17(19-4)15-8-6-5-7-9-15/h14-17,19H,5-13H2,1-4H3. The first-order chi connectivity index (χ1) is 9.50. The zero-order valence-corrected chi connectivity index (χ0v) is 14.1. The lowest BCUT2D eigenvalue weighted by atomic mass is 9.71. The Morgan fingerprint density at radius 3 is 2.45 bits per heavy atom. The molecule has 3 atom stereocenters. The highest BCUT2D eigenvalue weighted by Gasteiger charge is 2.33. The topological polar surface area (TPSA) is 21.3 Å². The van der Waals surface area contributed by atoms with Crippen LogP contribution in [-0.4, -0.2) is 25.8 Å². The Hall–Kier alpha value is -0.0800. The molecule has 2 nitrogen and oxygen atoms in total. The Kier molecular flexibility index (Phi) is 5.92. The average Bonchev–Trinajstić information content (AvgIpc) is 2.38. The van der Waals surface area contributed by atoms with Gasteiger partial charge >= 0.3 is 0 Å². The van der Waals surface area contributed by atoms with Gasteiger partial charge in [-0.3, -0.25) is 0 Å². The summed E-state index contributed by atoms with van der Waals surface area (Å²) in [4.78, 5) is 0. The van der Waals surface area contributed by atoms with Crippen LogP contribution in [0.4, 0.5) is 0 Å². The van der Waals surface area contributed by atoms with Crippen LogP contribution in [-0.2, 0) is 4.74 Å². The van der Waals surface area contributed by atoms with Crippen LogP contribution in [0.3, 0.4) is 0 Å². The van der Waals surface area contributed by atoms with Gasteiger partial charge in [-0.1, -0.05) is 40.0 Å². The van der Waals surface area contributed by atoms with Crippen molar-refractivity contribution in [2.24, 2.45) is 17.3 Å². The molecule has 0 amide bonds. The summed E-state index contributed by atoms with van der Waals surface area (Å²) < 4.78 is 6.33. The first-order valence-corrected chi connectivity index (χ1v) is 8.79. The van der Waals surface area contributed by atoms with E-state index in [1.807, 2.05) is 0 Å². The van der Waals surface area contributed by atoms with Crippen LogP contribution in [0.15, 0.2) is 0 Å². The number of hydrogen-bond donors (Lipinski definition) is 1. The summed E-state index contributed by atoms with van der Waals surface area (Å²) in [6, 6.07) is 0.565. The fourth-order valence-corrected chi connectivity index (χ4v) is 4.62. The highest BCUT2D eigenvalue weighted by Crippen LogP contribution is 2.39. The maximum absolute atomic E-state index is 6.33. The van der Waals surface area contributed by atoms with Gasteiger partial charge in [-0.2, -0.15) is 0 Å². The number of nitrogens with one attached hydrogen (secondary N) is 1. The van der Waals surface area contributed by atoms with Gasteiger partial charge in [0.05, 0.1) is 12.7 Å². The van der Waals surface area contributed by atoms with Crippen LogP contribution in [0, 0.1) is 17.3 Å². The fraction of sp³-hybridized carbons (Fsp3) is 1.00. The largest absolute Gasteiger partial charge is 0.377 e. The van der Waals surface area contributed by atoms with E-state index in [2.05, 4.69) is 33.1 Å². The third kappa shape index (κ3) is 4.73. The fourth-order valence-electron chi connectivity index (χ4n) is 4.62. The molecule has 2 aliphatic rings. The number of hydrogen-bond acceptors (Lipinski definition) is 2. The third-order valence-corrected chi connectivity index (χ3v) is 5.45. The lowest BCUT2D eigenvalue weighted by Crippen LogP contribution is -2.41. The average molecular weight is 281 g/mol. The van der Waals surface area contributed by atoms with E-state index in [0.29, 0.717) is 17.6 Å². The van der Waals surface area contributed by atoms with Crippen molar-refractivity contribution in [3.63, 3.8) is 0 Å². The highest BCUT2D eigenvalue weighted by atomic mass is 16.5. The normalized spacial score (nSPS) is 33.0. The van der Waals surface area contributed by atoms with E-state index in [9.17, 15) is 0 Å². The zero-order chi connectivity index (χ0) is 14.6. The van der Waals surface area contributed by atoms with Crippen LogP contribution in [0.5, 0.6) is 0 Å². The van der Waals surface area contributed by atoms with Crippen molar-refractivity contribution in [1.82, 2.24) is 5.32 Å². The second kappa shape index (κ2) is 7.26. The monoisotopic (exact) mass is 281 g/mol. The molecule has 2 heteroatoms. The van der Waals surface area contributed by atoms with Gasteiger partial charge in [0.2, 0.25) is 0 Å². The number of likely N-dealkylation sites (N-methyl/N-ethyl adjacent to an activating group) is 1. The van der Waals surface area contributed by atoms with Crippen molar-refractivity contribution in [2.75, 3.05) is 13.7 Å². The summed E-state index contributed by atoms with van der Waals surface area (Å²) in [6.45, 7) is 8.09. The van der Waals surface area contributed by atoms with E-state index in [1.54, 1.807) is 0 Å².